The summed E-state index contributed by atoms with van der Waals surface area (Å²) in [5.74, 6) is 0.628. The minimum absolute atomic E-state index is 0.102. The number of aromatic nitrogens is 2. The van der Waals surface area contributed by atoms with Crippen LogP contribution in [0.25, 0.3) is 11.0 Å². The van der Waals surface area contributed by atoms with Crippen LogP contribution in [0.2, 0.25) is 0 Å². The first kappa shape index (κ1) is 16.8. The van der Waals surface area contributed by atoms with E-state index in [1.165, 1.54) is 5.56 Å². The Kier molecular flexibility index (Phi) is 4.97. The van der Waals surface area contributed by atoms with Crippen LogP contribution < -0.4 is 0 Å². The summed E-state index contributed by atoms with van der Waals surface area (Å²) < 4.78 is 5.86. The van der Waals surface area contributed by atoms with E-state index in [1.54, 1.807) is 6.33 Å². The van der Waals surface area contributed by atoms with Gasteiger partial charge in [-0.1, -0.05) is 30.3 Å². The lowest BCUT2D eigenvalue weighted by atomic mass is 9.97. The number of carbonyl (C=O) groups is 1. The van der Waals surface area contributed by atoms with Gasteiger partial charge in [0.1, 0.15) is 0 Å². The van der Waals surface area contributed by atoms with Crippen LogP contribution in [-0.2, 0) is 11.3 Å². The first-order valence-electron chi connectivity index (χ1n) is 9.14. The summed E-state index contributed by atoms with van der Waals surface area (Å²) in [5, 5.41) is 0. The van der Waals surface area contributed by atoms with Crippen LogP contribution in [0.5, 0.6) is 0 Å². The van der Waals surface area contributed by atoms with Crippen LogP contribution in [0.3, 0.4) is 0 Å². The number of benzene rings is 2. The molecule has 1 aromatic heterocycles. The molecule has 5 nitrogen and oxygen atoms in total. The number of piperidine rings is 1. The molecule has 26 heavy (non-hydrogen) atoms. The zero-order valence-electron chi connectivity index (χ0n) is 14.7. The molecule has 5 heteroatoms. The highest BCUT2D eigenvalue weighted by molar-refractivity contribution is 5.97. The van der Waals surface area contributed by atoms with E-state index in [2.05, 4.69) is 22.1 Å². The highest BCUT2D eigenvalue weighted by atomic mass is 16.5. The van der Waals surface area contributed by atoms with Crippen molar-refractivity contribution in [3.8, 4) is 0 Å². The van der Waals surface area contributed by atoms with Crippen LogP contribution >= 0.6 is 0 Å². The second-order valence-corrected chi connectivity index (χ2v) is 6.87. The molecule has 2 aromatic carbocycles. The zero-order chi connectivity index (χ0) is 17.8. The van der Waals surface area contributed by atoms with Gasteiger partial charge in [0.25, 0.3) is 5.91 Å². The molecule has 1 amide bonds. The minimum Gasteiger partial charge on any atom is -0.376 e. The van der Waals surface area contributed by atoms with E-state index in [4.69, 9.17) is 4.74 Å². The topological polar surface area (TPSA) is 58.2 Å². The summed E-state index contributed by atoms with van der Waals surface area (Å²) in [5.41, 5.74) is 3.71. The van der Waals surface area contributed by atoms with Gasteiger partial charge in [0.2, 0.25) is 0 Å². The molecule has 0 saturated carbocycles. The lowest BCUT2D eigenvalue weighted by Gasteiger charge is -2.32. The van der Waals surface area contributed by atoms with Gasteiger partial charge in [0.05, 0.1) is 24.0 Å². The molecule has 1 N–H and O–H groups in total. The number of nitrogens with one attached hydrogen (secondary N) is 1. The van der Waals surface area contributed by atoms with E-state index in [9.17, 15) is 4.79 Å². The van der Waals surface area contributed by atoms with Crippen LogP contribution in [-0.4, -0.2) is 40.5 Å². The van der Waals surface area contributed by atoms with Crippen molar-refractivity contribution in [2.75, 3.05) is 19.7 Å². The number of fused-ring (bicyclic) bond motifs is 1. The molecule has 1 saturated heterocycles. The van der Waals surface area contributed by atoms with E-state index in [1.807, 2.05) is 41.3 Å². The van der Waals surface area contributed by atoms with Crippen molar-refractivity contribution < 1.29 is 9.53 Å². The summed E-state index contributed by atoms with van der Waals surface area (Å²) in [7, 11) is 0. The number of ether oxygens (including phenoxy) is 1. The lowest BCUT2D eigenvalue weighted by molar-refractivity contribution is 0.0478. The molecular weight excluding hydrogens is 326 g/mol. The van der Waals surface area contributed by atoms with E-state index in [0.717, 1.165) is 49.1 Å². The van der Waals surface area contributed by atoms with Crippen LogP contribution in [0.1, 0.15) is 28.8 Å². The number of imidazole rings is 1. The van der Waals surface area contributed by atoms with Gasteiger partial charge in [-0.15, -0.1) is 0 Å². The maximum Gasteiger partial charge on any atom is 0.253 e. The Morgan fingerprint density at radius 3 is 2.77 bits per heavy atom. The van der Waals surface area contributed by atoms with Crippen LogP contribution in [0.15, 0.2) is 54.9 Å². The Bertz CT molecular complexity index is 867. The van der Waals surface area contributed by atoms with Crippen molar-refractivity contribution in [3.05, 3.63) is 66.0 Å². The number of aromatic amines is 1. The van der Waals surface area contributed by atoms with E-state index in [0.29, 0.717) is 12.5 Å². The standard InChI is InChI=1S/C21H23N3O2/c25-21(18-6-7-19-20(12-18)23-15-22-19)24-10-8-17(9-11-24)14-26-13-16-4-2-1-3-5-16/h1-7,12,15,17H,8-11,13-14H2,(H,22,23). The fourth-order valence-corrected chi connectivity index (χ4v) is 3.47. The normalized spacial score (nSPS) is 15.5. The third kappa shape index (κ3) is 3.78. The SMILES string of the molecule is O=C(c1ccc2nc[nH]c2c1)N1CCC(COCc2ccccc2)CC1. The van der Waals surface area contributed by atoms with Crippen molar-refractivity contribution in [2.45, 2.75) is 19.4 Å². The van der Waals surface area contributed by atoms with Gasteiger partial charge in [-0.3, -0.25) is 4.79 Å². The largest absolute Gasteiger partial charge is 0.376 e. The minimum atomic E-state index is 0.102. The first-order valence-corrected chi connectivity index (χ1v) is 9.14. The third-order valence-corrected chi connectivity index (χ3v) is 5.03. The maximum atomic E-state index is 12.7. The van der Waals surface area contributed by atoms with E-state index < -0.39 is 0 Å². The number of carbonyl (C=O) groups excluding carboxylic acids is 1. The molecule has 4 rings (SSSR count). The zero-order valence-corrected chi connectivity index (χ0v) is 14.7. The number of rotatable bonds is 5. The number of H-pyrrole nitrogens is 1. The van der Waals surface area contributed by atoms with Crippen molar-refractivity contribution in [1.29, 1.82) is 0 Å². The summed E-state index contributed by atoms with van der Waals surface area (Å²) in [6.07, 6.45) is 3.64. The second-order valence-electron chi connectivity index (χ2n) is 6.87. The summed E-state index contributed by atoms with van der Waals surface area (Å²) in [6, 6.07) is 15.9. The fourth-order valence-electron chi connectivity index (χ4n) is 3.47. The molecule has 1 fully saturated rings. The van der Waals surface area contributed by atoms with Gasteiger partial charge >= 0.3 is 0 Å². The van der Waals surface area contributed by atoms with Crippen LogP contribution in [0.4, 0.5) is 0 Å². The smallest absolute Gasteiger partial charge is 0.253 e. The predicted molar refractivity (Wildman–Crippen MR) is 101 cm³/mol. The van der Waals surface area contributed by atoms with Gasteiger partial charge in [-0.2, -0.15) is 0 Å². The van der Waals surface area contributed by atoms with Crippen molar-refractivity contribution in [1.82, 2.24) is 14.9 Å². The Hall–Kier alpha value is -2.66. The van der Waals surface area contributed by atoms with Crippen LogP contribution in [0, 0.1) is 5.92 Å². The lowest BCUT2D eigenvalue weighted by Crippen LogP contribution is -2.39. The Balaban J connectivity index is 1.27. The Morgan fingerprint density at radius 2 is 1.96 bits per heavy atom. The molecule has 0 unspecified atom stereocenters. The average molecular weight is 349 g/mol. The molecule has 0 bridgehead atoms. The molecule has 0 spiro atoms. The summed E-state index contributed by atoms with van der Waals surface area (Å²) >= 11 is 0. The van der Waals surface area contributed by atoms with E-state index >= 15 is 0 Å². The van der Waals surface area contributed by atoms with Crippen molar-refractivity contribution >= 4 is 16.9 Å². The highest BCUT2D eigenvalue weighted by Gasteiger charge is 2.24. The Labute approximate surface area is 153 Å². The monoisotopic (exact) mass is 349 g/mol. The second kappa shape index (κ2) is 7.70. The number of nitrogens with zero attached hydrogens (tertiary/aromatic N) is 2. The van der Waals surface area contributed by atoms with Gasteiger partial charge in [0.15, 0.2) is 0 Å². The number of amides is 1. The Morgan fingerprint density at radius 1 is 1.15 bits per heavy atom. The molecule has 0 atom stereocenters. The first-order chi connectivity index (χ1) is 12.8. The third-order valence-electron chi connectivity index (χ3n) is 5.03. The number of hydrogen-bond acceptors (Lipinski definition) is 3. The molecular formula is C21H23N3O2. The van der Waals surface area contributed by atoms with Gasteiger partial charge < -0.3 is 14.6 Å². The number of likely N-dealkylation sites (tertiary alicyclic amines) is 1. The summed E-state index contributed by atoms with van der Waals surface area (Å²) in [4.78, 5) is 21.9. The van der Waals surface area contributed by atoms with E-state index in [-0.39, 0.29) is 5.91 Å². The molecule has 1 aliphatic heterocycles. The quantitative estimate of drug-likeness (QED) is 0.765. The summed E-state index contributed by atoms with van der Waals surface area (Å²) in [6.45, 7) is 3.00. The molecule has 3 aromatic rings. The van der Waals surface area contributed by atoms with Gasteiger partial charge in [-0.25, -0.2) is 4.98 Å². The van der Waals surface area contributed by atoms with Crippen molar-refractivity contribution in [3.63, 3.8) is 0 Å². The predicted octanol–water partition coefficient (Wildman–Crippen LogP) is 3.63. The average Bonchev–Trinajstić information content (AvgIpc) is 3.17. The molecule has 1 aliphatic rings. The molecule has 0 aliphatic carbocycles. The number of hydrogen-bond donors (Lipinski definition) is 1. The maximum absolute atomic E-state index is 12.7. The highest BCUT2D eigenvalue weighted by Crippen LogP contribution is 2.21. The molecule has 2 heterocycles. The fraction of sp³-hybridized carbons (Fsp3) is 0.333. The van der Waals surface area contributed by atoms with Crippen molar-refractivity contribution in [2.24, 2.45) is 5.92 Å². The molecule has 0 radical (unpaired) electrons. The van der Waals surface area contributed by atoms with Gasteiger partial charge in [0, 0.05) is 25.3 Å². The van der Waals surface area contributed by atoms with Gasteiger partial charge in [-0.05, 0) is 42.5 Å². The molecule has 134 valence electrons.